The second kappa shape index (κ2) is 11.1. The Morgan fingerprint density at radius 2 is 1.55 bits per heavy atom. The van der Waals surface area contributed by atoms with Crippen LogP contribution < -0.4 is 15.4 Å². The first-order valence-electron chi connectivity index (χ1n) is 9.33. The molecule has 0 aliphatic heterocycles. The molecule has 0 aliphatic carbocycles. The summed E-state index contributed by atoms with van der Waals surface area (Å²) in [5.74, 6) is 0.475. The summed E-state index contributed by atoms with van der Waals surface area (Å²) in [4.78, 5) is 25.4. The first-order chi connectivity index (χ1) is 14.9. The van der Waals surface area contributed by atoms with Crippen LogP contribution in [-0.2, 0) is 16.0 Å². The van der Waals surface area contributed by atoms with Crippen LogP contribution in [0.3, 0.4) is 0 Å². The second-order valence-corrected chi connectivity index (χ2v) is 8.48. The van der Waals surface area contributed by atoms with Crippen molar-refractivity contribution in [3.8, 4) is 5.75 Å². The van der Waals surface area contributed by atoms with Crippen LogP contribution in [0.25, 0.3) is 0 Å². The maximum absolute atomic E-state index is 12.3. The van der Waals surface area contributed by atoms with E-state index in [4.69, 9.17) is 27.9 Å². The fourth-order valence-electron chi connectivity index (χ4n) is 2.74. The van der Waals surface area contributed by atoms with Gasteiger partial charge >= 0.3 is 0 Å². The molecule has 0 heterocycles. The number of anilines is 2. The fourth-order valence-corrected chi connectivity index (χ4v) is 3.74. The number of carbonyl (C=O) groups is 2. The van der Waals surface area contributed by atoms with Crippen LogP contribution >= 0.6 is 35.0 Å². The molecule has 5 nitrogen and oxygen atoms in total. The molecule has 31 heavy (non-hydrogen) atoms. The third kappa shape index (κ3) is 7.21. The molecule has 0 saturated heterocycles. The quantitative estimate of drug-likeness (QED) is 0.398. The van der Waals surface area contributed by atoms with Crippen molar-refractivity contribution in [1.29, 1.82) is 0 Å². The molecule has 0 bridgehead atoms. The number of ether oxygens (including phenoxy) is 1. The molecular formula is C23H20Cl2N2O3S. The molecule has 3 aromatic carbocycles. The van der Waals surface area contributed by atoms with E-state index in [1.165, 1.54) is 18.9 Å². The Balaban J connectivity index is 1.49. The molecule has 0 radical (unpaired) electrons. The third-order valence-electron chi connectivity index (χ3n) is 4.22. The molecule has 0 atom stereocenters. The summed E-state index contributed by atoms with van der Waals surface area (Å²) in [6, 6.07) is 19.5. The predicted molar refractivity (Wildman–Crippen MR) is 128 cm³/mol. The summed E-state index contributed by atoms with van der Waals surface area (Å²) in [6.07, 6.45) is 0.265. The molecule has 0 aromatic heterocycles. The number of carbonyl (C=O) groups excluding carboxylic acids is 2. The van der Waals surface area contributed by atoms with Gasteiger partial charge < -0.3 is 15.4 Å². The van der Waals surface area contributed by atoms with Crippen molar-refractivity contribution in [2.24, 2.45) is 0 Å². The maximum atomic E-state index is 12.3. The van der Waals surface area contributed by atoms with Crippen molar-refractivity contribution in [2.75, 3.05) is 23.5 Å². The lowest BCUT2D eigenvalue weighted by atomic mass is 10.1. The molecule has 0 unspecified atom stereocenters. The van der Waals surface area contributed by atoms with Gasteiger partial charge in [0, 0.05) is 20.6 Å². The summed E-state index contributed by atoms with van der Waals surface area (Å²) in [5.41, 5.74) is 2.10. The Labute approximate surface area is 195 Å². The minimum atomic E-state index is -0.175. The van der Waals surface area contributed by atoms with E-state index in [2.05, 4.69) is 10.6 Å². The number of amides is 2. The number of hydrogen-bond acceptors (Lipinski definition) is 4. The van der Waals surface area contributed by atoms with Crippen LogP contribution in [0, 0.1) is 0 Å². The smallest absolute Gasteiger partial charge is 0.234 e. The minimum Gasteiger partial charge on any atom is -0.495 e. The zero-order valence-electron chi connectivity index (χ0n) is 16.7. The predicted octanol–water partition coefficient (Wildman–Crippen LogP) is 5.91. The van der Waals surface area contributed by atoms with Crippen LogP contribution in [0.2, 0.25) is 10.0 Å². The van der Waals surface area contributed by atoms with Gasteiger partial charge in [0.05, 0.1) is 25.0 Å². The monoisotopic (exact) mass is 474 g/mol. The highest BCUT2D eigenvalue weighted by molar-refractivity contribution is 8.00. The lowest BCUT2D eigenvalue weighted by Gasteiger charge is -2.10. The Hall–Kier alpha value is -2.67. The van der Waals surface area contributed by atoms with Crippen molar-refractivity contribution in [1.82, 2.24) is 0 Å². The average Bonchev–Trinajstić information content (AvgIpc) is 2.75. The lowest BCUT2D eigenvalue weighted by molar-refractivity contribution is -0.115. The second-order valence-electron chi connectivity index (χ2n) is 6.56. The Morgan fingerprint density at radius 1 is 0.871 bits per heavy atom. The zero-order valence-corrected chi connectivity index (χ0v) is 19.0. The van der Waals surface area contributed by atoms with E-state index < -0.39 is 0 Å². The topological polar surface area (TPSA) is 67.4 Å². The summed E-state index contributed by atoms with van der Waals surface area (Å²) >= 11 is 13.2. The number of benzene rings is 3. The van der Waals surface area contributed by atoms with Gasteiger partial charge in [0.15, 0.2) is 0 Å². The lowest BCUT2D eigenvalue weighted by Crippen LogP contribution is -2.15. The molecule has 0 saturated carbocycles. The van der Waals surface area contributed by atoms with Gasteiger partial charge in [-0.2, -0.15) is 0 Å². The summed E-state index contributed by atoms with van der Waals surface area (Å²) in [5, 5.41) is 6.81. The highest BCUT2D eigenvalue weighted by Crippen LogP contribution is 2.28. The standard InChI is InChI=1S/C23H20Cl2N2O3S/c1-30-21-11-6-17(25)13-20(21)27-23(29)14-31-19-9-7-18(8-10-19)26-22(28)12-15-2-4-16(24)5-3-15/h2-11,13H,12,14H2,1H3,(H,26,28)(H,27,29). The van der Waals surface area contributed by atoms with Crippen LogP contribution in [-0.4, -0.2) is 24.7 Å². The Bertz CT molecular complexity index is 1060. The van der Waals surface area contributed by atoms with Gasteiger partial charge in [-0.25, -0.2) is 0 Å². The molecule has 8 heteroatoms. The SMILES string of the molecule is COc1ccc(Cl)cc1NC(=O)CSc1ccc(NC(=O)Cc2ccc(Cl)cc2)cc1. The molecule has 0 fully saturated rings. The molecule has 0 aliphatic rings. The summed E-state index contributed by atoms with van der Waals surface area (Å²) in [6.45, 7) is 0. The maximum Gasteiger partial charge on any atom is 0.234 e. The van der Waals surface area contributed by atoms with E-state index in [0.717, 1.165) is 10.5 Å². The van der Waals surface area contributed by atoms with E-state index in [1.807, 2.05) is 24.3 Å². The molecule has 2 N–H and O–H groups in total. The molecule has 3 aromatic rings. The van der Waals surface area contributed by atoms with Crippen LogP contribution in [0.15, 0.2) is 71.6 Å². The largest absolute Gasteiger partial charge is 0.495 e. The first-order valence-corrected chi connectivity index (χ1v) is 11.1. The minimum absolute atomic E-state index is 0.113. The van der Waals surface area contributed by atoms with Crippen LogP contribution in [0.1, 0.15) is 5.56 Å². The Kier molecular flexibility index (Phi) is 8.23. The number of thioether (sulfide) groups is 1. The van der Waals surface area contributed by atoms with E-state index in [0.29, 0.717) is 27.2 Å². The number of halogens is 2. The van der Waals surface area contributed by atoms with Gasteiger partial charge in [0.25, 0.3) is 0 Å². The highest BCUT2D eigenvalue weighted by Gasteiger charge is 2.10. The molecule has 2 amide bonds. The van der Waals surface area contributed by atoms with Crippen molar-refractivity contribution in [2.45, 2.75) is 11.3 Å². The normalized spacial score (nSPS) is 10.4. The number of hydrogen-bond donors (Lipinski definition) is 2. The van der Waals surface area contributed by atoms with Gasteiger partial charge in [-0.1, -0.05) is 35.3 Å². The van der Waals surface area contributed by atoms with Gasteiger partial charge in [-0.05, 0) is 60.2 Å². The molecular weight excluding hydrogens is 455 g/mol. The average molecular weight is 475 g/mol. The highest BCUT2D eigenvalue weighted by atomic mass is 35.5. The van der Waals surface area contributed by atoms with E-state index in [1.54, 1.807) is 42.5 Å². The van der Waals surface area contributed by atoms with E-state index in [9.17, 15) is 9.59 Å². The number of nitrogens with one attached hydrogen (secondary N) is 2. The summed E-state index contributed by atoms with van der Waals surface area (Å²) in [7, 11) is 1.53. The summed E-state index contributed by atoms with van der Waals surface area (Å²) < 4.78 is 5.23. The van der Waals surface area contributed by atoms with Crippen molar-refractivity contribution >= 4 is 58.2 Å². The number of methoxy groups -OCH3 is 1. The molecule has 160 valence electrons. The van der Waals surface area contributed by atoms with Crippen molar-refractivity contribution in [3.05, 3.63) is 82.3 Å². The fraction of sp³-hybridized carbons (Fsp3) is 0.130. The number of rotatable bonds is 8. The van der Waals surface area contributed by atoms with Crippen LogP contribution in [0.4, 0.5) is 11.4 Å². The van der Waals surface area contributed by atoms with Gasteiger partial charge in [0.2, 0.25) is 11.8 Å². The van der Waals surface area contributed by atoms with Gasteiger partial charge in [-0.3, -0.25) is 9.59 Å². The third-order valence-corrected chi connectivity index (χ3v) is 5.72. The van der Waals surface area contributed by atoms with E-state index in [-0.39, 0.29) is 24.0 Å². The molecule has 3 rings (SSSR count). The van der Waals surface area contributed by atoms with Gasteiger partial charge in [0.1, 0.15) is 5.75 Å². The van der Waals surface area contributed by atoms with E-state index >= 15 is 0 Å². The van der Waals surface area contributed by atoms with Crippen molar-refractivity contribution < 1.29 is 14.3 Å². The van der Waals surface area contributed by atoms with Crippen LogP contribution in [0.5, 0.6) is 5.75 Å². The zero-order chi connectivity index (χ0) is 22.2. The Morgan fingerprint density at radius 3 is 2.23 bits per heavy atom. The van der Waals surface area contributed by atoms with Crippen molar-refractivity contribution in [3.63, 3.8) is 0 Å². The van der Waals surface area contributed by atoms with Gasteiger partial charge in [-0.15, -0.1) is 11.8 Å². The molecule has 0 spiro atoms. The first kappa shape index (κ1) is 23.0.